The van der Waals surface area contributed by atoms with Gasteiger partial charge in [0.15, 0.2) is 9.84 Å². The molecule has 2 atom stereocenters. The molecule has 1 heterocycles. The minimum Gasteiger partial charge on any atom is -0.394 e. The lowest BCUT2D eigenvalue weighted by Gasteiger charge is -2.29. The fourth-order valence-electron chi connectivity index (χ4n) is 1.66. The van der Waals surface area contributed by atoms with Crippen LogP contribution in [0.2, 0.25) is 0 Å². The first kappa shape index (κ1) is 9.95. The topological polar surface area (TPSA) is 66.4 Å². The summed E-state index contributed by atoms with van der Waals surface area (Å²) < 4.78 is 22.7. The largest absolute Gasteiger partial charge is 0.394 e. The van der Waals surface area contributed by atoms with Crippen LogP contribution in [0.3, 0.4) is 0 Å². The van der Waals surface area contributed by atoms with E-state index in [1.165, 1.54) is 0 Å². The summed E-state index contributed by atoms with van der Waals surface area (Å²) >= 11 is 0. The second kappa shape index (κ2) is 2.97. The molecule has 1 rings (SSSR count). The van der Waals surface area contributed by atoms with Gasteiger partial charge in [0.1, 0.15) is 0 Å². The second-order valence-corrected chi connectivity index (χ2v) is 5.76. The molecule has 1 aliphatic heterocycles. The van der Waals surface area contributed by atoms with Gasteiger partial charge < -0.3 is 10.4 Å². The molecule has 5 heteroatoms. The summed E-state index contributed by atoms with van der Waals surface area (Å²) in [5.74, 6) is 0.176. The van der Waals surface area contributed by atoms with Gasteiger partial charge in [0.25, 0.3) is 0 Å². The molecule has 72 valence electrons. The summed E-state index contributed by atoms with van der Waals surface area (Å²) in [7, 11) is -1.29. The third kappa shape index (κ3) is 1.26. The maximum absolute atomic E-state index is 11.3. The molecule has 1 fully saturated rings. The summed E-state index contributed by atoms with van der Waals surface area (Å²) in [5, 5.41) is 11.5. The Balaban J connectivity index is 2.98. The smallest absolute Gasteiger partial charge is 0.154 e. The quantitative estimate of drug-likeness (QED) is 0.599. The Labute approximate surface area is 72.9 Å². The van der Waals surface area contributed by atoms with Gasteiger partial charge in [0, 0.05) is 0 Å². The van der Waals surface area contributed by atoms with Crippen LogP contribution in [0.1, 0.15) is 13.3 Å². The highest BCUT2D eigenvalue weighted by atomic mass is 32.2. The third-order valence-electron chi connectivity index (χ3n) is 2.93. The number of nitrogens with one attached hydrogen (secondary N) is 1. The molecule has 1 saturated heterocycles. The van der Waals surface area contributed by atoms with Gasteiger partial charge >= 0.3 is 0 Å². The Hall–Kier alpha value is -0.130. The van der Waals surface area contributed by atoms with Crippen molar-refractivity contribution >= 4 is 9.84 Å². The summed E-state index contributed by atoms with van der Waals surface area (Å²) in [5.41, 5.74) is -0.612. The molecule has 12 heavy (non-hydrogen) atoms. The fourth-order valence-corrected chi connectivity index (χ4v) is 3.66. The summed E-state index contributed by atoms with van der Waals surface area (Å²) in [6.07, 6.45) is 0.503. The molecule has 0 bridgehead atoms. The van der Waals surface area contributed by atoms with Crippen molar-refractivity contribution in [3.63, 3.8) is 0 Å². The highest BCUT2D eigenvalue weighted by Crippen LogP contribution is 2.29. The van der Waals surface area contributed by atoms with Gasteiger partial charge in [0.2, 0.25) is 0 Å². The predicted molar refractivity (Wildman–Crippen MR) is 46.7 cm³/mol. The van der Waals surface area contributed by atoms with Crippen molar-refractivity contribution in [1.29, 1.82) is 0 Å². The van der Waals surface area contributed by atoms with E-state index in [1.54, 1.807) is 14.0 Å². The van der Waals surface area contributed by atoms with E-state index in [-0.39, 0.29) is 12.4 Å². The minimum atomic E-state index is -2.98. The first-order chi connectivity index (χ1) is 5.48. The predicted octanol–water partition coefficient (Wildman–Crippen LogP) is -0.856. The average Bonchev–Trinajstić information content (AvgIpc) is 2.27. The van der Waals surface area contributed by atoms with E-state index in [2.05, 4.69) is 5.32 Å². The molecule has 0 aliphatic carbocycles. The zero-order valence-electron chi connectivity index (χ0n) is 7.37. The molecular weight excluding hydrogens is 178 g/mol. The first-order valence-corrected chi connectivity index (χ1v) is 5.71. The monoisotopic (exact) mass is 193 g/mol. The first-order valence-electron chi connectivity index (χ1n) is 4.00. The Morgan fingerprint density at radius 2 is 2.25 bits per heavy atom. The third-order valence-corrected chi connectivity index (χ3v) is 5.23. The molecular formula is C7H15NO3S. The molecule has 4 nitrogen and oxygen atoms in total. The lowest BCUT2D eigenvalue weighted by atomic mass is 9.94. The van der Waals surface area contributed by atoms with Gasteiger partial charge in [-0.1, -0.05) is 0 Å². The average molecular weight is 193 g/mol. The summed E-state index contributed by atoms with van der Waals surface area (Å²) in [4.78, 5) is 0. The van der Waals surface area contributed by atoms with Crippen molar-refractivity contribution in [2.24, 2.45) is 0 Å². The molecule has 1 aliphatic rings. The maximum atomic E-state index is 11.3. The Morgan fingerprint density at radius 1 is 1.67 bits per heavy atom. The number of aliphatic hydroxyl groups is 1. The van der Waals surface area contributed by atoms with Crippen LogP contribution in [0.15, 0.2) is 0 Å². The van der Waals surface area contributed by atoms with E-state index in [0.717, 1.165) is 0 Å². The second-order valence-electron chi connectivity index (χ2n) is 3.32. The summed E-state index contributed by atoms with van der Waals surface area (Å²) in [6.45, 7) is 1.53. The number of hydrogen-bond acceptors (Lipinski definition) is 4. The molecule has 0 spiro atoms. The van der Waals surface area contributed by atoms with Crippen LogP contribution in [0.4, 0.5) is 0 Å². The van der Waals surface area contributed by atoms with Crippen LogP contribution in [0, 0.1) is 0 Å². The van der Waals surface area contributed by atoms with E-state index < -0.39 is 20.6 Å². The van der Waals surface area contributed by atoms with Crippen LogP contribution in [-0.4, -0.2) is 43.7 Å². The summed E-state index contributed by atoms with van der Waals surface area (Å²) in [6, 6.07) is 0. The number of likely N-dealkylation sites (N-methyl/N-ethyl adjacent to an activating group) is 1. The lowest BCUT2D eigenvalue weighted by Crippen LogP contribution is -2.52. The number of sulfone groups is 1. The molecule has 0 aromatic heterocycles. The molecule has 2 unspecified atom stereocenters. The van der Waals surface area contributed by atoms with Gasteiger partial charge in [-0.3, -0.25) is 0 Å². The van der Waals surface area contributed by atoms with E-state index in [0.29, 0.717) is 6.42 Å². The van der Waals surface area contributed by atoms with Crippen molar-refractivity contribution < 1.29 is 13.5 Å². The van der Waals surface area contributed by atoms with Gasteiger partial charge in [-0.2, -0.15) is 0 Å². The SMILES string of the molecule is CNC1(CO)CCS(=O)(=O)C1C. The van der Waals surface area contributed by atoms with Gasteiger partial charge in [-0.15, -0.1) is 0 Å². The van der Waals surface area contributed by atoms with Crippen LogP contribution >= 0.6 is 0 Å². The van der Waals surface area contributed by atoms with Crippen molar-refractivity contribution in [3.05, 3.63) is 0 Å². The van der Waals surface area contributed by atoms with Crippen molar-refractivity contribution in [2.45, 2.75) is 24.1 Å². The molecule has 0 radical (unpaired) electrons. The highest BCUT2D eigenvalue weighted by molar-refractivity contribution is 7.92. The van der Waals surface area contributed by atoms with Crippen LogP contribution in [-0.2, 0) is 9.84 Å². The van der Waals surface area contributed by atoms with Crippen molar-refractivity contribution in [1.82, 2.24) is 5.32 Å². The van der Waals surface area contributed by atoms with Crippen molar-refractivity contribution in [2.75, 3.05) is 19.4 Å². The minimum absolute atomic E-state index is 0.121. The Morgan fingerprint density at radius 3 is 2.42 bits per heavy atom. The van der Waals surface area contributed by atoms with E-state index in [9.17, 15) is 8.42 Å². The highest BCUT2D eigenvalue weighted by Gasteiger charge is 2.47. The molecule has 0 saturated carbocycles. The molecule has 0 aromatic rings. The zero-order valence-corrected chi connectivity index (χ0v) is 8.19. The van der Waals surface area contributed by atoms with Crippen LogP contribution in [0.25, 0.3) is 0 Å². The maximum Gasteiger partial charge on any atom is 0.154 e. The Kier molecular flexibility index (Phi) is 2.47. The van der Waals surface area contributed by atoms with Crippen molar-refractivity contribution in [3.8, 4) is 0 Å². The standard InChI is InChI=1S/C7H15NO3S/c1-6-7(5-9,8-2)3-4-12(6,10)11/h6,8-9H,3-5H2,1-2H3. The molecule has 2 N–H and O–H groups in total. The zero-order chi connectivity index (χ0) is 9.41. The number of aliphatic hydroxyl groups excluding tert-OH is 1. The van der Waals surface area contributed by atoms with E-state index in [4.69, 9.17) is 5.11 Å². The van der Waals surface area contributed by atoms with Gasteiger partial charge in [-0.05, 0) is 20.4 Å². The number of rotatable bonds is 2. The van der Waals surface area contributed by atoms with Gasteiger partial charge in [0.05, 0.1) is 23.1 Å². The molecule has 0 aromatic carbocycles. The van der Waals surface area contributed by atoms with E-state index >= 15 is 0 Å². The van der Waals surface area contributed by atoms with Gasteiger partial charge in [-0.25, -0.2) is 8.42 Å². The Bertz CT molecular complexity index is 256. The number of hydrogen-bond donors (Lipinski definition) is 2. The lowest BCUT2D eigenvalue weighted by molar-refractivity contribution is 0.170. The van der Waals surface area contributed by atoms with Crippen LogP contribution in [0.5, 0.6) is 0 Å². The molecule has 0 amide bonds. The van der Waals surface area contributed by atoms with E-state index in [1.807, 2.05) is 0 Å². The van der Waals surface area contributed by atoms with Crippen LogP contribution < -0.4 is 5.32 Å². The normalized spacial score (nSPS) is 40.1. The fraction of sp³-hybridized carbons (Fsp3) is 1.00.